The van der Waals surface area contributed by atoms with Crippen LogP contribution >= 0.6 is 0 Å². The minimum absolute atomic E-state index is 0.0612. The van der Waals surface area contributed by atoms with E-state index < -0.39 is 0 Å². The fraction of sp³-hybridized carbons (Fsp3) is 0.182. The van der Waals surface area contributed by atoms with Gasteiger partial charge in [0.05, 0.1) is 11.4 Å². The largest absolute Gasteiger partial charge is 0.325 e. The number of rotatable bonds is 6. The number of pyridine rings is 2. The number of anilines is 5. The van der Waals surface area contributed by atoms with Gasteiger partial charge < -0.3 is 10.2 Å². The van der Waals surface area contributed by atoms with Gasteiger partial charge >= 0.3 is 0 Å². The Morgan fingerprint density at radius 3 is 1.44 bits per heavy atom. The van der Waals surface area contributed by atoms with Gasteiger partial charge in [-0.05, 0) is 81.3 Å². The molecule has 0 spiro atoms. The van der Waals surface area contributed by atoms with Gasteiger partial charge in [-0.1, -0.05) is 126 Å². The van der Waals surface area contributed by atoms with Gasteiger partial charge in [0.2, 0.25) is 0 Å². The topological polar surface area (TPSA) is 41.0 Å². The highest BCUT2D eigenvalue weighted by Gasteiger charge is 2.24. The maximum atomic E-state index is 5.13. The maximum absolute atomic E-state index is 5.13. The maximum Gasteiger partial charge on any atom is 0.132 e. The molecule has 0 unspecified atom stereocenters. The molecule has 4 heteroatoms. The summed E-state index contributed by atoms with van der Waals surface area (Å²) in [5.41, 5.74) is 8.15. The SMILES string of the molecule is CC(C)(C)c1ccc(N(c2ccc(C(C)(C)C)cc2)c2c3ccccc3c(-c3cccc(Nc4ccccn4)n3)c3ccccc23)cc1. The molecule has 0 saturated carbocycles. The lowest BCUT2D eigenvalue weighted by Gasteiger charge is -2.31. The second-order valence-corrected chi connectivity index (χ2v) is 14.5. The van der Waals surface area contributed by atoms with Crippen molar-refractivity contribution in [1.29, 1.82) is 0 Å². The second-order valence-electron chi connectivity index (χ2n) is 14.5. The first-order valence-corrected chi connectivity index (χ1v) is 16.7. The van der Waals surface area contributed by atoms with E-state index in [0.29, 0.717) is 0 Å². The third kappa shape index (κ3) is 6.02. The first-order valence-electron chi connectivity index (χ1n) is 16.7. The van der Waals surface area contributed by atoms with Gasteiger partial charge in [0, 0.05) is 33.9 Å². The fourth-order valence-corrected chi connectivity index (χ4v) is 6.46. The van der Waals surface area contributed by atoms with Crippen molar-refractivity contribution in [3.63, 3.8) is 0 Å². The Morgan fingerprint density at radius 1 is 0.479 bits per heavy atom. The standard InChI is InChI=1S/C44H42N4/c1-43(2,3)30-21-25-32(26-22-30)48(33-27-23-31(24-28-33)44(4,5)6)42-36-16-9-7-14-34(36)41(35-15-8-10-17-37(35)42)38-18-13-20-40(46-38)47-39-19-11-12-29-45-39/h7-29H,1-6H3,(H,45,46,47). The van der Waals surface area contributed by atoms with Crippen LogP contribution in [0.3, 0.4) is 0 Å². The van der Waals surface area contributed by atoms with Gasteiger partial charge in [-0.25, -0.2) is 9.97 Å². The monoisotopic (exact) mass is 626 g/mol. The van der Waals surface area contributed by atoms with E-state index in [1.807, 2.05) is 24.3 Å². The minimum atomic E-state index is 0.0612. The number of nitrogens with one attached hydrogen (secondary N) is 1. The Balaban J connectivity index is 1.48. The molecule has 7 rings (SSSR count). The predicted molar refractivity (Wildman–Crippen MR) is 204 cm³/mol. The van der Waals surface area contributed by atoms with Crippen molar-refractivity contribution < 1.29 is 0 Å². The molecule has 2 aromatic heterocycles. The lowest BCUT2D eigenvalue weighted by molar-refractivity contribution is 0.590. The molecular formula is C44H42N4. The van der Waals surface area contributed by atoms with E-state index in [2.05, 4.69) is 166 Å². The van der Waals surface area contributed by atoms with Crippen molar-refractivity contribution in [3.05, 3.63) is 151 Å². The van der Waals surface area contributed by atoms with Gasteiger partial charge in [-0.2, -0.15) is 0 Å². The Labute approximate surface area is 284 Å². The number of nitrogens with zero attached hydrogens (tertiary/aromatic N) is 3. The normalized spacial score (nSPS) is 12.0. The van der Waals surface area contributed by atoms with Crippen LogP contribution in [0.2, 0.25) is 0 Å². The Kier molecular flexibility index (Phi) is 7.96. The molecule has 48 heavy (non-hydrogen) atoms. The van der Waals surface area contributed by atoms with E-state index in [1.54, 1.807) is 6.20 Å². The quantitative estimate of drug-likeness (QED) is 0.186. The molecule has 4 nitrogen and oxygen atoms in total. The summed E-state index contributed by atoms with van der Waals surface area (Å²) < 4.78 is 0. The molecule has 0 atom stereocenters. The van der Waals surface area contributed by atoms with Gasteiger partial charge in [-0.15, -0.1) is 0 Å². The van der Waals surface area contributed by atoms with Crippen LogP contribution in [-0.2, 0) is 10.8 Å². The average Bonchev–Trinajstić information content (AvgIpc) is 3.08. The molecule has 0 amide bonds. The molecular weight excluding hydrogens is 585 g/mol. The van der Waals surface area contributed by atoms with Crippen LogP contribution in [0, 0.1) is 0 Å². The lowest BCUT2D eigenvalue weighted by Crippen LogP contribution is -2.15. The van der Waals surface area contributed by atoms with E-state index in [1.165, 1.54) is 11.1 Å². The molecule has 0 aliphatic rings. The van der Waals surface area contributed by atoms with Gasteiger partial charge in [-0.3, -0.25) is 0 Å². The fourth-order valence-electron chi connectivity index (χ4n) is 6.46. The van der Waals surface area contributed by atoms with Gasteiger partial charge in [0.15, 0.2) is 0 Å². The summed E-state index contributed by atoms with van der Waals surface area (Å²) >= 11 is 0. The molecule has 238 valence electrons. The molecule has 0 saturated heterocycles. The zero-order valence-corrected chi connectivity index (χ0v) is 28.6. The number of hydrogen-bond acceptors (Lipinski definition) is 4. The smallest absolute Gasteiger partial charge is 0.132 e. The molecule has 7 aromatic rings. The Morgan fingerprint density at radius 2 is 0.958 bits per heavy atom. The highest BCUT2D eigenvalue weighted by molar-refractivity contribution is 6.22. The van der Waals surface area contributed by atoms with Crippen molar-refractivity contribution >= 4 is 50.2 Å². The van der Waals surface area contributed by atoms with Crippen LogP contribution in [0.15, 0.2) is 140 Å². The average molecular weight is 627 g/mol. The minimum Gasteiger partial charge on any atom is -0.325 e. The van der Waals surface area contributed by atoms with E-state index >= 15 is 0 Å². The molecule has 0 fully saturated rings. The number of aromatic nitrogens is 2. The zero-order chi connectivity index (χ0) is 33.5. The summed E-state index contributed by atoms with van der Waals surface area (Å²) in [4.78, 5) is 12.0. The molecule has 0 aliphatic carbocycles. The molecule has 0 bridgehead atoms. The first kappa shape index (κ1) is 31.1. The summed E-state index contributed by atoms with van der Waals surface area (Å²) in [5, 5.41) is 8.01. The lowest BCUT2D eigenvalue weighted by atomic mass is 9.86. The molecule has 0 aliphatic heterocycles. The summed E-state index contributed by atoms with van der Waals surface area (Å²) in [5.74, 6) is 1.51. The van der Waals surface area contributed by atoms with Gasteiger partial charge in [0.25, 0.3) is 0 Å². The molecule has 1 N–H and O–H groups in total. The number of benzene rings is 5. The van der Waals surface area contributed by atoms with Crippen molar-refractivity contribution in [2.75, 3.05) is 10.2 Å². The van der Waals surface area contributed by atoms with E-state index in [-0.39, 0.29) is 10.8 Å². The van der Waals surface area contributed by atoms with Crippen molar-refractivity contribution in [2.24, 2.45) is 0 Å². The summed E-state index contributed by atoms with van der Waals surface area (Å²) in [6.07, 6.45) is 1.78. The van der Waals surface area contributed by atoms with E-state index in [0.717, 1.165) is 61.5 Å². The van der Waals surface area contributed by atoms with Crippen LogP contribution in [0.25, 0.3) is 32.8 Å². The zero-order valence-electron chi connectivity index (χ0n) is 28.6. The third-order valence-electron chi connectivity index (χ3n) is 9.04. The van der Waals surface area contributed by atoms with Gasteiger partial charge in [0.1, 0.15) is 11.6 Å². The van der Waals surface area contributed by atoms with Crippen molar-refractivity contribution in [1.82, 2.24) is 9.97 Å². The number of fused-ring (bicyclic) bond motifs is 2. The first-order chi connectivity index (χ1) is 23.1. The predicted octanol–water partition coefficient (Wildman–Crippen LogP) is 12.3. The second kappa shape index (κ2) is 12.3. The van der Waals surface area contributed by atoms with Crippen molar-refractivity contribution in [3.8, 4) is 11.3 Å². The van der Waals surface area contributed by atoms with Crippen LogP contribution in [0.1, 0.15) is 52.7 Å². The highest BCUT2D eigenvalue weighted by Crippen LogP contribution is 2.48. The third-order valence-corrected chi connectivity index (χ3v) is 9.04. The summed E-state index contributed by atoms with van der Waals surface area (Å²) in [7, 11) is 0. The summed E-state index contributed by atoms with van der Waals surface area (Å²) in [6, 6.07) is 47.6. The highest BCUT2D eigenvalue weighted by atomic mass is 15.1. The van der Waals surface area contributed by atoms with Crippen LogP contribution in [-0.4, -0.2) is 9.97 Å². The Hall–Kier alpha value is -5.48. The van der Waals surface area contributed by atoms with Crippen LogP contribution in [0.4, 0.5) is 28.7 Å². The van der Waals surface area contributed by atoms with E-state index in [4.69, 9.17) is 4.98 Å². The van der Waals surface area contributed by atoms with E-state index in [9.17, 15) is 0 Å². The van der Waals surface area contributed by atoms with Crippen molar-refractivity contribution in [2.45, 2.75) is 52.4 Å². The number of hydrogen-bond donors (Lipinski definition) is 1. The summed E-state index contributed by atoms with van der Waals surface area (Å²) in [6.45, 7) is 13.6. The van der Waals surface area contributed by atoms with Crippen LogP contribution in [0.5, 0.6) is 0 Å². The molecule has 0 radical (unpaired) electrons. The van der Waals surface area contributed by atoms with Crippen LogP contribution < -0.4 is 10.2 Å². The molecule has 2 heterocycles. The molecule has 5 aromatic carbocycles. The Bertz CT molecular complexity index is 2090.